The van der Waals surface area contributed by atoms with Crippen LogP contribution in [0.15, 0.2) is 6.07 Å². The molecule has 0 bridgehead atoms. The fourth-order valence-electron chi connectivity index (χ4n) is 1.42. The van der Waals surface area contributed by atoms with Crippen LogP contribution in [0, 0.1) is 6.92 Å². The van der Waals surface area contributed by atoms with Gasteiger partial charge in [0.05, 0.1) is 12.6 Å². The van der Waals surface area contributed by atoms with Crippen molar-refractivity contribution in [2.24, 2.45) is 0 Å². The van der Waals surface area contributed by atoms with E-state index in [9.17, 15) is 0 Å². The first-order chi connectivity index (χ1) is 7.69. The molecule has 0 amide bonds. The highest BCUT2D eigenvalue weighted by Gasteiger charge is 2.08. The molecule has 1 unspecified atom stereocenters. The molecule has 0 aromatic carbocycles. The number of halogens is 1. The van der Waals surface area contributed by atoms with Crippen LogP contribution in [-0.4, -0.2) is 35.6 Å². The maximum absolute atomic E-state index is 5.82. The Labute approximate surface area is 101 Å². The molecule has 1 heterocycles. The highest BCUT2D eigenvalue weighted by atomic mass is 35.5. The molecule has 4 nitrogen and oxygen atoms in total. The Bertz CT molecular complexity index is 333. The third kappa shape index (κ3) is 3.94. The van der Waals surface area contributed by atoms with E-state index in [1.54, 1.807) is 7.11 Å². The summed E-state index contributed by atoms with van der Waals surface area (Å²) in [5.41, 5.74) is 1.03. The molecule has 1 aromatic heterocycles. The van der Waals surface area contributed by atoms with E-state index < -0.39 is 0 Å². The number of nitrogens with zero attached hydrogens (tertiary/aromatic N) is 2. The molecule has 1 atom stereocenters. The number of aromatic nitrogens is 2. The Kier molecular flexibility index (Phi) is 5.49. The van der Waals surface area contributed by atoms with Crippen molar-refractivity contribution in [3.8, 4) is 0 Å². The van der Waals surface area contributed by atoms with E-state index in [1.165, 1.54) is 0 Å². The lowest BCUT2D eigenvalue weighted by Gasteiger charge is -2.16. The van der Waals surface area contributed by atoms with E-state index in [0.717, 1.165) is 23.8 Å². The van der Waals surface area contributed by atoms with E-state index in [4.69, 9.17) is 16.3 Å². The number of anilines is 1. The summed E-state index contributed by atoms with van der Waals surface area (Å²) in [6.07, 6.45) is 0.897. The van der Waals surface area contributed by atoms with Crippen LogP contribution in [0.3, 0.4) is 0 Å². The van der Waals surface area contributed by atoms with Crippen LogP contribution in [0.1, 0.15) is 18.4 Å². The van der Waals surface area contributed by atoms with Gasteiger partial charge in [0.25, 0.3) is 0 Å². The second-order valence-corrected chi connectivity index (χ2v) is 3.90. The van der Waals surface area contributed by atoms with Gasteiger partial charge in [0, 0.05) is 24.8 Å². The average Bonchev–Trinajstić information content (AvgIpc) is 2.27. The van der Waals surface area contributed by atoms with E-state index in [1.807, 2.05) is 13.0 Å². The third-order valence-corrected chi connectivity index (χ3v) is 2.53. The molecule has 0 radical (unpaired) electrons. The summed E-state index contributed by atoms with van der Waals surface area (Å²) in [4.78, 5) is 8.63. The smallest absolute Gasteiger partial charge is 0.130 e. The van der Waals surface area contributed by atoms with Gasteiger partial charge in [-0.3, -0.25) is 0 Å². The summed E-state index contributed by atoms with van der Waals surface area (Å²) in [5, 5.41) is 3.24. The van der Waals surface area contributed by atoms with Crippen molar-refractivity contribution < 1.29 is 4.74 Å². The Morgan fingerprint density at radius 1 is 1.50 bits per heavy atom. The number of rotatable bonds is 6. The van der Waals surface area contributed by atoms with Crippen molar-refractivity contribution in [2.45, 2.75) is 26.3 Å². The minimum Gasteiger partial charge on any atom is -0.383 e. The second kappa shape index (κ2) is 6.66. The molecular formula is C11H18ClN3O. The molecular weight excluding hydrogens is 226 g/mol. The molecule has 0 aliphatic carbocycles. The maximum Gasteiger partial charge on any atom is 0.130 e. The van der Waals surface area contributed by atoms with E-state index in [2.05, 4.69) is 22.2 Å². The minimum absolute atomic E-state index is 0.0747. The Hall–Kier alpha value is -0.870. The van der Waals surface area contributed by atoms with Crippen LogP contribution in [0.25, 0.3) is 0 Å². The van der Waals surface area contributed by atoms with Crippen molar-refractivity contribution in [2.75, 3.05) is 24.9 Å². The first kappa shape index (κ1) is 13.2. The van der Waals surface area contributed by atoms with Crippen molar-refractivity contribution in [3.05, 3.63) is 17.6 Å². The topological polar surface area (TPSA) is 47.0 Å². The summed E-state index contributed by atoms with van der Waals surface area (Å²) < 4.78 is 5.06. The summed E-state index contributed by atoms with van der Waals surface area (Å²) in [7, 11) is 1.66. The zero-order valence-electron chi connectivity index (χ0n) is 9.96. The molecule has 5 heteroatoms. The van der Waals surface area contributed by atoms with Crippen molar-refractivity contribution >= 4 is 17.4 Å². The predicted molar refractivity (Wildman–Crippen MR) is 66.2 cm³/mol. The Balaban J connectivity index is 2.74. The standard InChI is InChI=1S/C11H18ClN3O/c1-4-9-5-11(14-8(2)13-9)15-10(6-12)7-16-3/h5,10H,4,6-7H2,1-3H3,(H,13,14,15). The fraction of sp³-hybridized carbons (Fsp3) is 0.636. The SMILES string of the molecule is CCc1cc(NC(CCl)COC)nc(C)n1. The molecule has 16 heavy (non-hydrogen) atoms. The summed E-state index contributed by atoms with van der Waals surface area (Å²) in [6, 6.07) is 2.02. The number of hydrogen-bond acceptors (Lipinski definition) is 4. The van der Waals surface area contributed by atoms with Crippen LogP contribution >= 0.6 is 11.6 Å². The first-order valence-electron chi connectivity index (χ1n) is 5.35. The van der Waals surface area contributed by atoms with Gasteiger partial charge in [-0.15, -0.1) is 11.6 Å². The van der Waals surface area contributed by atoms with Gasteiger partial charge in [0.2, 0.25) is 0 Å². The minimum atomic E-state index is 0.0747. The van der Waals surface area contributed by atoms with Crippen LogP contribution in [0.4, 0.5) is 5.82 Å². The first-order valence-corrected chi connectivity index (χ1v) is 5.89. The molecule has 0 aliphatic heterocycles. The van der Waals surface area contributed by atoms with Crippen LogP contribution in [0.2, 0.25) is 0 Å². The molecule has 1 rings (SSSR count). The summed E-state index contributed by atoms with van der Waals surface area (Å²) in [5.74, 6) is 2.07. The molecule has 0 aliphatic rings. The van der Waals surface area contributed by atoms with Crippen LogP contribution < -0.4 is 5.32 Å². The van der Waals surface area contributed by atoms with E-state index in [0.29, 0.717) is 12.5 Å². The number of alkyl halides is 1. The third-order valence-electron chi connectivity index (χ3n) is 2.16. The molecule has 0 fully saturated rings. The van der Waals surface area contributed by atoms with Gasteiger partial charge in [-0.1, -0.05) is 6.92 Å². The van der Waals surface area contributed by atoms with Gasteiger partial charge in [0.1, 0.15) is 11.6 Å². The van der Waals surface area contributed by atoms with Gasteiger partial charge in [-0.2, -0.15) is 0 Å². The van der Waals surface area contributed by atoms with Crippen LogP contribution in [0.5, 0.6) is 0 Å². The van der Waals surface area contributed by atoms with Gasteiger partial charge >= 0.3 is 0 Å². The van der Waals surface area contributed by atoms with E-state index in [-0.39, 0.29) is 6.04 Å². The lowest BCUT2D eigenvalue weighted by atomic mass is 10.3. The van der Waals surface area contributed by atoms with Crippen molar-refractivity contribution in [1.29, 1.82) is 0 Å². The highest BCUT2D eigenvalue weighted by Crippen LogP contribution is 2.09. The number of ether oxygens (including phenoxy) is 1. The number of methoxy groups -OCH3 is 1. The lowest BCUT2D eigenvalue weighted by molar-refractivity contribution is 0.191. The molecule has 0 spiro atoms. The summed E-state index contributed by atoms with van der Waals surface area (Å²) in [6.45, 7) is 4.52. The monoisotopic (exact) mass is 243 g/mol. The lowest BCUT2D eigenvalue weighted by Crippen LogP contribution is -2.27. The molecule has 0 saturated carbocycles. The number of aryl methyl sites for hydroxylation is 2. The van der Waals surface area contributed by atoms with E-state index >= 15 is 0 Å². The molecule has 0 saturated heterocycles. The average molecular weight is 244 g/mol. The maximum atomic E-state index is 5.82. The highest BCUT2D eigenvalue weighted by molar-refractivity contribution is 6.18. The Morgan fingerprint density at radius 2 is 2.25 bits per heavy atom. The van der Waals surface area contributed by atoms with Crippen LogP contribution in [-0.2, 0) is 11.2 Å². The van der Waals surface area contributed by atoms with Gasteiger partial charge in [0.15, 0.2) is 0 Å². The normalized spacial score (nSPS) is 12.5. The zero-order chi connectivity index (χ0) is 12.0. The Morgan fingerprint density at radius 3 is 2.81 bits per heavy atom. The van der Waals surface area contributed by atoms with Gasteiger partial charge in [-0.25, -0.2) is 9.97 Å². The largest absolute Gasteiger partial charge is 0.383 e. The fourth-order valence-corrected chi connectivity index (χ4v) is 1.59. The number of nitrogens with one attached hydrogen (secondary N) is 1. The molecule has 90 valence electrons. The molecule has 1 N–H and O–H groups in total. The summed E-state index contributed by atoms with van der Waals surface area (Å²) >= 11 is 5.82. The van der Waals surface area contributed by atoms with Crippen molar-refractivity contribution in [3.63, 3.8) is 0 Å². The van der Waals surface area contributed by atoms with Crippen molar-refractivity contribution in [1.82, 2.24) is 9.97 Å². The second-order valence-electron chi connectivity index (χ2n) is 3.60. The molecule has 1 aromatic rings. The quantitative estimate of drug-likeness (QED) is 0.777. The van der Waals surface area contributed by atoms with Gasteiger partial charge in [-0.05, 0) is 13.3 Å². The number of hydrogen-bond donors (Lipinski definition) is 1. The van der Waals surface area contributed by atoms with Gasteiger partial charge < -0.3 is 10.1 Å². The zero-order valence-corrected chi connectivity index (χ0v) is 10.7. The predicted octanol–water partition coefficient (Wildman–Crippen LogP) is 2.01.